The molecular formula is C20H19BrN4S. The summed E-state index contributed by atoms with van der Waals surface area (Å²) in [6.45, 7) is 6.82. The number of nitriles is 1. The van der Waals surface area contributed by atoms with Crippen LogP contribution in [0.4, 0.5) is 5.82 Å². The van der Waals surface area contributed by atoms with Crippen molar-refractivity contribution in [3.8, 4) is 6.07 Å². The van der Waals surface area contributed by atoms with E-state index >= 15 is 0 Å². The van der Waals surface area contributed by atoms with Crippen LogP contribution in [0, 0.1) is 18.3 Å². The number of anilines is 1. The van der Waals surface area contributed by atoms with Crippen molar-refractivity contribution < 1.29 is 0 Å². The Labute approximate surface area is 166 Å². The van der Waals surface area contributed by atoms with Crippen LogP contribution in [0.5, 0.6) is 0 Å². The average molecular weight is 427 g/mol. The van der Waals surface area contributed by atoms with Gasteiger partial charge in [0.15, 0.2) is 0 Å². The molecule has 0 saturated carbocycles. The molecule has 0 amide bonds. The number of hydrogen-bond donors (Lipinski definition) is 0. The summed E-state index contributed by atoms with van der Waals surface area (Å²) in [4.78, 5) is 10.4. The third kappa shape index (κ3) is 4.00. The normalized spacial score (nSPS) is 17.2. The lowest BCUT2D eigenvalue weighted by Crippen LogP contribution is -2.17. The number of aryl methyl sites for hydroxylation is 1. The zero-order valence-electron chi connectivity index (χ0n) is 14.9. The van der Waals surface area contributed by atoms with Gasteiger partial charge in [-0.15, -0.1) is 0 Å². The Hall–Kier alpha value is -2.10. The molecule has 0 fully saturated rings. The Kier molecular flexibility index (Phi) is 5.80. The summed E-state index contributed by atoms with van der Waals surface area (Å²) in [7, 11) is 0. The lowest BCUT2D eigenvalue weighted by Gasteiger charge is -2.17. The van der Waals surface area contributed by atoms with Crippen LogP contribution in [0.15, 0.2) is 57.1 Å². The zero-order valence-corrected chi connectivity index (χ0v) is 17.3. The number of nitrogens with zero attached hydrogens (tertiary/aromatic N) is 4. The lowest BCUT2D eigenvalue weighted by molar-refractivity contribution is 0.954. The van der Waals surface area contributed by atoms with Gasteiger partial charge in [-0.2, -0.15) is 5.26 Å². The number of benzene rings is 1. The van der Waals surface area contributed by atoms with Gasteiger partial charge in [0.2, 0.25) is 0 Å². The standard InChI is InChI=1S/C20H19BrN4S/c1-4-19(21)24-14(3)18-12-25(26-16-7-5-13(2)6-8-16)20-17(18)9-15(10-22)11-23-20/h4-9,11,18H,12H2,1-3H3/b19-4-,24-14?. The van der Waals surface area contributed by atoms with E-state index in [4.69, 9.17) is 0 Å². The number of halogens is 1. The van der Waals surface area contributed by atoms with Crippen molar-refractivity contribution in [1.82, 2.24) is 4.98 Å². The van der Waals surface area contributed by atoms with Gasteiger partial charge in [0.05, 0.1) is 5.56 Å². The maximum Gasteiger partial charge on any atom is 0.142 e. The summed E-state index contributed by atoms with van der Waals surface area (Å²) in [5, 5.41) is 9.25. The minimum atomic E-state index is 0.108. The van der Waals surface area contributed by atoms with Gasteiger partial charge in [-0.05, 0) is 66.8 Å². The second-order valence-electron chi connectivity index (χ2n) is 6.13. The topological polar surface area (TPSA) is 52.3 Å². The van der Waals surface area contributed by atoms with Gasteiger partial charge >= 0.3 is 0 Å². The Bertz CT molecular complexity index is 912. The molecule has 0 bridgehead atoms. The number of hydrogen-bond acceptors (Lipinski definition) is 5. The third-order valence-corrected chi connectivity index (χ3v) is 5.91. The summed E-state index contributed by atoms with van der Waals surface area (Å²) in [6, 6.07) is 12.6. The highest BCUT2D eigenvalue weighted by Gasteiger charge is 2.33. The summed E-state index contributed by atoms with van der Waals surface area (Å²) in [5.41, 5.74) is 3.88. The van der Waals surface area contributed by atoms with Crippen molar-refractivity contribution in [3.63, 3.8) is 0 Å². The molecular weight excluding hydrogens is 408 g/mol. The van der Waals surface area contributed by atoms with Gasteiger partial charge in [0, 0.05) is 34.8 Å². The molecule has 26 heavy (non-hydrogen) atoms. The molecule has 4 nitrogen and oxygen atoms in total. The molecule has 1 aliphatic heterocycles. The molecule has 0 aliphatic carbocycles. The minimum Gasteiger partial charge on any atom is -0.295 e. The summed E-state index contributed by atoms with van der Waals surface area (Å²) >= 11 is 5.12. The van der Waals surface area contributed by atoms with Crippen LogP contribution >= 0.6 is 27.9 Å². The molecule has 1 aromatic heterocycles. The van der Waals surface area contributed by atoms with Crippen molar-refractivity contribution in [3.05, 3.63) is 63.9 Å². The van der Waals surface area contributed by atoms with Crippen LogP contribution in [0.3, 0.4) is 0 Å². The molecule has 0 saturated heterocycles. The fourth-order valence-corrected chi connectivity index (χ4v) is 4.08. The second kappa shape index (κ2) is 8.07. The van der Waals surface area contributed by atoms with E-state index in [-0.39, 0.29) is 5.92 Å². The van der Waals surface area contributed by atoms with Crippen LogP contribution in [0.2, 0.25) is 0 Å². The van der Waals surface area contributed by atoms with Gasteiger partial charge < -0.3 is 0 Å². The van der Waals surface area contributed by atoms with Crippen molar-refractivity contribution in [1.29, 1.82) is 5.26 Å². The fourth-order valence-electron chi connectivity index (χ4n) is 2.83. The number of pyridine rings is 1. The molecule has 0 spiro atoms. The molecule has 6 heteroatoms. The van der Waals surface area contributed by atoms with Crippen LogP contribution in [-0.2, 0) is 0 Å². The molecule has 132 valence electrons. The molecule has 1 unspecified atom stereocenters. The first-order chi connectivity index (χ1) is 12.5. The van der Waals surface area contributed by atoms with Crippen molar-refractivity contribution in [2.45, 2.75) is 31.6 Å². The number of aliphatic imine (C=N–C) groups is 1. The predicted molar refractivity (Wildman–Crippen MR) is 112 cm³/mol. The van der Waals surface area contributed by atoms with E-state index in [2.05, 4.69) is 67.5 Å². The van der Waals surface area contributed by atoms with Crippen LogP contribution < -0.4 is 4.31 Å². The lowest BCUT2D eigenvalue weighted by atomic mass is 9.97. The van der Waals surface area contributed by atoms with Crippen molar-refractivity contribution in [2.24, 2.45) is 4.99 Å². The average Bonchev–Trinajstić information content (AvgIpc) is 3.01. The summed E-state index contributed by atoms with van der Waals surface area (Å²) < 4.78 is 3.00. The van der Waals surface area contributed by atoms with Crippen LogP contribution in [-0.4, -0.2) is 17.2 Å². The maximum absolute atomic E-state index is 9.25. The molecule has 3 rings (SSSR count). The Morgan fingerprint density at radius 2 is 2.15 bits per heavy atom. The Morgan fingerprint density at radius 1 is 1.42 bits per heavy atom. The minimum absolute atomic E-state index is 0.108. The number of fused-ring (bicyclic) bond motifs is 1. The first kappa shape index (κ1) is 18.7. The van der Waals surface area contributed by atoms with Crippen LogP contribution in [0.25, 0.3) is 0 Å². The number of allylic oxidation sites excluding steroid dienone is 1. The zero-order chi connectivity index (χ0) is 18.7. The van der Waals surface area contributed by atoms with Crippen LogP contribution in [0.1, 0.15) is 36.5 Å². The van der Waals surface area contributed by atoms with E-state index in [1.54, 1.807) is 18.1 Å². The predicted octanol–water partition coefficient (Wildman–Crippen LogP) is 5.59. The SMILES string of the molecule is C/C=C(/Br)N=C(C)C1CN(Sc2ccc(C)cc2)c2ncc(C#N)cc21. The van der Waals surface area contributed by atoms with E-state index in [0.717, 1.165) is 33.1 Å². The van der Waals surface area contributed by atoms with E-state index in [1.165, 1.54) is 5.56 Å². The molecule has 2 aromatic rings. The van der Waals surface area contributed by atoms with E-state index in [9.17, 15) is 5.26 Å². The van der Waals surface area contributed by atoms with E-state index < -0.39 is 0 Å². The monoisotopic (exact) mass is 426 g/mol. The smallest absolute Gasteiger partial charge is 0.142 e. The van der Waals surface area contributed by atoms with Gasteiger partial charge in [-0.1, -0.05) is 23.8 Å². The first-order valence-corrected chi connectivity index (χ1v) is 9.87. The highest BCUT2D eigenvalue weighted by atomic mass is 79.9. The highest BCUT2D eigenvalue weighted by molar-refractivity contribution is 9.11. The molecule has 0 N–H and O–H groups in total. The Morgan fingerprint density at radius 3 is 2.81 bits per heavy atom. The summed E-state index contributed by atoms with van der Waals surface area (Å²) in [6.07, 6.45) is 3.56. The quantitative estimate of drug-likeness (QED) is 0.363. The maximum atomic E-state index is 9.25. The van der Waals surface area contributed by atoms with E-state index in [0.29, 0.717) is 5.56 Å². The summed E-state index contributed by atoms with van der Waals surface area (Å²) in [5.74, 6) is 1.02. The fraction of sp³-hybridized carbons (Fsp3) is 0.250. The Balaban J connectivity index is 1.96. The molecule has 1 aliphatic rings. The van der Waals surface area contributed by atoms with Gasteiger partial charge in [0.25, 0.3) is 0 Å². The third-order valence-electron chi connectivity index (χ3n) is 4.25. The van der Waals surface area contributed by atoms with Gasteiger partial charge in [-0.25, -0.2) is 4.98 Å². The number of rotatable bonds is 4. The highest BCUT2D eigenvalue weighted by Crippen LogP contribution is 2.42. The number of aromatic nitrogens is 1. The largest absolute Gasteiger partial charge is 0.295 e. The van der Waals surface area contributed by atoms with Gasteiger partial charge in [-0.3, -0.25) is 9.30 Å². The van der Waals surface area contributed by atoms with E-state index in [1.807, 2.05) is 26.0 Å². The second-order valence-corrected chi connectivity index (χ2v) is 8.04. The van der Waals surface area contributed by atoms with Crippen molar-refractivity contribution in [2.75, 3.05) is 10.8 Å². The van der Waals surface area contributed by atoms with Gasteiger partial charge in [0.1, 0.15) is 16.5 Å². The molecule has 1 aromatic carbocycles. The van der Waals surface area contributed by atoms with Crippen molar-refractivity contribution >= 4 is 39.4 Å². The molecule has 1 atom stereocenters. The first-order valence-electron chi connectivity index (χ1n) is 8.31. The molecule has 0 radical (unpaired) electrons. The molecule has 2 heterocycles.